The lowest BCUT2D eigenvalue weighted by Crippen LogP contribution is -2.06. The number of hydrogen-bond acceptors (Lipinski definition) is 6. The molecule has 1 unspecified atom stereocenters. The normalized spacial score (nSPS) is 16.4. The first kappa shape index (κ1) is 23.4. The first-order valence-corrected chi connectivity index (χ1v) is 12.1. The van der Waals surface area contributed by atoms with E-state index in [0.717, 1.165) is 62.4 Å². The van der Waals surface area contributed by atoms with Crippen LogP contribution in [0.25, 0.3) is 0 Å². The second-order valence-electron chi connectivity index (χ2n) is 6.70. The Morgan fingerprint density at radius 2 is 1.73 bits per heavy atom. The van der Waals surface area contributed by atoms with Crippen LogP contribution in [0.4, 0.5) is 0 Å². The van der Waals surface area contributed by atoms with E-state index in [2.05, 4.69) is 13.2 Å². The van der Waals surface area contributed by atoms with E-state index in [0.29, 0.717) is 18.8 Å². The maximum absolute atomic E-state index is 11.2. The van der Waals surface area contributed by atoms with Crippen molar-refractivity contribution in [3.05, 3.63) is 24.5 Å². The summed E-state index contributed by atoms with van der Waals surface area (Å²) >= 11 is 0. The van der Waals surface area contributed by atoms with Gasteiger partial charge < -0.3 is 9.62 Å². The Morgan fingerprint density at radius 3 is 2.38 bits per heavy atom. The third kappa shape index (κ3) is 12.7. The average Bonchev–Trinajstić information content (AvgIpc) is 3.12. The molecule has 0 aromatic carbocycles. The van der Waals surface area contributed by atoms with Crippen LogP contribution in [-0.4, -0.2) is 30.2 Å². The summed E-state index contributed by atoms with van der Waals surface area (Å²) in [5, 5.41) is 0.812. The zero-order chi connectivity index (χ0) is 19.0. The summed E-state index contributed by atoms with van der Waals surface area (Å²) in [6.07, 6.45) is 11.0. The van der Waals surface area contributed by atoms with Crippen molar-refractivity contribution >= 4 is 27.6 Å². The predicted octanol–water partition coefficient (Wildman–Crippen LogP) is 6.23. The lowest BCUT2D eigenvalue weighted by Gasteiger charge is -2.09. The highest BCUT2D eigenvalue weighted by atomic mass is 33.1. The van der Waals surface area contributed by atoms with Gasteiger partial charge in [-0.25, -0.2) is 4.79 Å². The first-order valence-electron chi connectivity index (χ1n) is 9.67. The number of carbonyl (C=O) groups excluding carboxylic acids is 1. The number of hydrogen-bond donors (Lipinski definition) is 0. The highest BCUT2D eigenvalue weighted by Gasteiger charge is 2.15. The Kier molecular flexibility index (Phi) is 13.9. The minimum atomic E-state index is -0.292. The maximum atomic E-state index is 11.2. The highest BCUT2D eigenvalue weighted by Crippen LogP contribution is 2.40. The van der Waals surface area contributed by atoms with Gasteiger partial charge in [-0.2, -0.15) is 4.89 Å². The number of ether oxygens (including phenoxy) is 1. The van der Waals surface area contributed by atoms with Crippen molar-refractivity contribution in [1.29, 1.82) is 0 Å². The van der Waals surface area contributed by atoms with Crippen molar-refractivity contribution < 1.29 is 19.3 Å². The van der Waals surface area contributed by atoms with E-state index in [-0.39, 0.29) is 5.97 Å². The maximum Gasteiger partial charge on any atom is 0.333 e. The van der Waals surface area contributed by atoms with Crippen LogP contribution < -0.4 is 0 Å². The Hall–Kier alpha value is -0.590. The van der Waals surface area contributed by atoms with Crippen molar-refractivity contribution in [2.24, 2.45) is 0 Å². The molecule has 4 nitrogen and oxygen atoms in total. The first-order chi connectivity index (χ1) is 12.6. The van der Waals surface area contributed by atoms with Crippen LogP contribution in [0.2, 0.25) is 0 Å². The lowest BCUT2D eigenvalue weighted by atomic mass is 10.1. The third-order valence-electron chi connectivity index (χ3n) is 4.09. The van der Waals surface area contributed by atoms with Crippen LogP contribution >= 0.6 is 21.6 Å². The molecule has 1 rings (SSSR count). The summed E-state index contributed by atoms with van der Waals surface area (Å²) in [6.45, 7) is 10.2. The summed E-state index contributed by atoms with van der Waals surface area (Å²) in [4.78, 5) is 21.7. The van der Waals surface area contributed by atoms with Gasteiger partial charge in [0.05, 0.1) is 13.2 Å². The van der Waals surface area contributed by atoms with E-state index in [9.17, 15) is 4.79 Å². The Balaban J connectivity index is 1.77. The molecule has 26 heavy (non-hydrogen) atoms. The Morgan fingerprint density at radius 1 is 1.04 bits per heavy atom. The van der Waals surface area contributed by atoms with Crippen LogP contribution in [0.3, 0.4) is 0 Å². The number of carbonyl (C=O) groups is 1. The van der Waals surface area contributed by atoms with Crippen molar-refractivity contribution in [1.82, 2.24) is 0 Å². The van der Waals surface area contributed by atoms with Gasteiger partial charge in [-0.3, -0.25) is 0 Å². The lowest BCUT2D eigenvalue weighted by molar-refractivity contribution is -0.264. The van der Waals surface area contributed by atoms with Gasteiger partial charge in [-0.1, -0.05) is 60.4 Å². The fourth-order valence-corrected chi connectivity index (χ4v) is 5.54. The van der Waals surface area contributed by atoms with Crippen molar-refractivity contribution in [3.8, 4) is 0 Å². The van der Waals surface area contributed by atoms with E-state index < -0.39 is 0 Å². The molecule has 0 N–H and O–H groups in total. The molecule has 0 saturated carbocycles. The van der Waals surface area contributed by atoms with Crippen LogP contribution in [-0.2, 0) is 19.3 Å². The molecule has 1 atom stereocenters. The number of allylic oxidation sites excluding steroid dienone is 1. The number of rotatable bonds is 16. The molecular formula is C20H34O4S2. The standard InChI is InChI=1S/C20H34O4S2/c1-17(2)20(21)22-14-8-6-4-5-7-9-15-23-24-18(3)11-10-12-19-13-16-25-26-19/h19H,1,3-16H2,2H3. The molecule has 1 aliphatic heterocycles. The summed E-state index contributed by atoms with van der Waals surface area (Å²) in [5.74, 6) is 1.74. The fraction of sp³-hybridized carbons (Fsp3) is 0.750. The molecule has 150 valence electrons. The van der Waals surface area contributed by atoms with Crippen LogP contribution in [0.15, 0.2) is 24.5 Å². The van der Waals surface area contributed by atoms with E-state index in [1.165, 1.54) is 18.6 Å². The summed E-state index contributed by atoms with van der Waals surface area (Å²) < 4.78 is 5.06. The molecule has 0 aromatic rings. The van der Waals surface area contributed by atoms with Gasteiger partial charge in [0.15, 0.2) is 0 Å². The van der Waals surface area contributed by atoms with Gasteiger partial charge >= 0.3 is 5.97 Å². The zero-order valence-electron chi connectivity index (χ0n) is 16.1. The van der Waals surface area contributed by atoms with Crippen LogP contribution in [0.5, 0.6) is 0 Å². The van der Waals surface area contributed by atoms with Crippen LogP contribution in [0.1, 0.15) is 71.1 Å². The van der Waals surface area contributed by atoms with Crippen molar-refractivity contribution in [3.63, 3.8) is 0 Å². The fourth-order valence-electron chi connectivity index (χ4n) is 2.52. The topological polar surface area (TPSA) is 44.8 Å². The molecule has 0 bridgehead atoms. The number of esters is 1. The van der Waals surface area contributed by atoms with Crippen LogP contribution in [0, 0.1) is 0 Å². The van der Waals surface area contributed by atoms with Gasteiger partial charge in [0.25, 0.3) is 0 Å². The van der Waals surface area contributed by atoms with E-state index in [1.807, 2.05) is 21.6 Å². The summed E-state index contributed by atoms with van der Waals surface area (Å²) in [7, 11) is 4.01. The monoisotopic (exact) mass is 402 g/mol. The molecule has 0 aromatic heterocycles. The largest absolute Gasteiger partial charge is 0.462 e. The molecule has 1 fully saturated rings. The van der Waals surface area contributed by atoms with E-state index in [1.54, 1.807) is 6.92 Å². The predicted molar refractivity (Wildman–Crippen MR) is 112 cm³/mol. The number of unbranched alkanes of at least 4 members (excludes halogenated alkanes) is 5. The van der Waals surface area contributed by atoms with Gasteiger partial charge in [-0.05, 0) is 39.0 Å². The van der Waals surface area contributed by atoms with Crippen molar-refractivity contribution in [2.75, 3.05) is 19.0 Å². The Labute approximate surface area is 166 Å². The minimum absolute atomic E-state index is 0.292. The summed E-state index contributed by atoms with van der Waals surface area (Å²) in [6, 6.07) is 0. The molecule has 0 radical (unpaired) electrons. The van der Waals surface area contributed by atoms with E-state index >= 15 is 0 Å². The molecule has 0 amide bonds. The molecular weight excluding hydrogens is 368 g/mol. The van der Waals surface area contributed by atoms with Gasteiger partial charge in [-0.15, -0.1) is 0 Å². The Bertz CT molecular complexity index is 420. The summed E-state index contributed by atoms with van der Waals surface area (Å²) in [5.41, 5.74) is 0.460. The molecule has 6 heteroatoms. The second kappa shape index (κ2) is 15.5. The molecule has 1 aliphatic rings. The van der Waals surface area contributed by atoms with Gasteiger partial charge in [0.2, 0.25) is 0 Å². The molecule has 0 spiro atoms. The smallest absolute Gasteiger partial charge is 0.333 e. The van der Waals surface area contributed by atoms with Gasteiger partial charge in [0, 0.05) is 23.0 Å². The van der Waals surface area contributed by atoms with E-state index in [4.69, 9.17) is 14.5 Å². The van der Waals surface area contributed by atoms with Crippen molar-refractivity contribution in [2.45, 2.75) is 76.4 Å². The highest BCUT2D eigenvalue weighted by molar-refractivity contribution is 8.77. The molecule has 1 saturated heterocycles. The second-order valence-corrected chi connectivity index (χ2v) is 9.49. The average molecular weight is 403 g/mol. The minimum Gasteiger partial charge on any atom is -0.462 e. The van der Waals surface area contributed by atoms with Gasteiger partial charge in [0.1, 0.15) is 5.76 Å². The molecule has 0 aliphatic carbocycles. The third-order valence-corrected chi connectivity index (χ3v) is 7.10. The zero-order valence-corrected chi connectivity index (χ0v) is 17.8. The molecule has 1 heterocycles. The SMILES string of the molecule is C=C(CCCC1CCSS1)OOCCCCCCCCOC(=O)C(=C)C. The quantitative estimate of drug-likeness (QED) is 0.0580.